The van der Waals surface area contributed by atoms with E-state index < -0.39 is 0 Å². The van der Waals surface area contributed by atoms with Gasteiger partial charge in [0.25, 0.3) is 0 Å². The van der Waals surface area contributed by atoms with E-state index in [-0.39, 0.29) is 6.10 Å². The Morgan fingerprint density at radius 1 is 1.33 bits per heavy atom. The van der Waals surface area contributed by atoms with Crippen molar-refractivity contribution < 1.29 is 9.47 Å². The van der Waals surface area contributed by atoms with E-state index in [9.17, 15) is 0 Å². The summed E-state index contributed by atoms with van der Waals surface area (Å²) in [5.74, 6) is 1.50. The minimum atomic E-state index is 0.124. The zero-order valence-corrected chi connectivity index (χ0v) is 11.2. The lowest BCUT2D eigenvalue weighted by Gasteiger charge is -2.14. The molecule has 0 fully saturated rings. The van der Waals surface area contributed by atoms with E-state index in [0.29, 0.717) is 13.0 Å². The van der Waals surface area contributed by atoms with Gasteiger partial charge >= 0.3 is 0 Å². The van der Waals surface area contributed by atoms with E-state index in [1.54, 1.807) is 7.11 Å². The average molecular weight is 248 g/mol. The lowest BCUT2D eigenvalue weighted by Crippen LogP contribution is -2.14. The molecule has 0 spiro atoms. The van der Waals surface area contributed by atoms with Crippen molar-refractivity contribution in [2.75, 3.05) is 13.7 Å². The van der Waals surface area contributed by atoms with Gasteiger partial charge in [0.05, 0.1) is 19.3 Å². The highest BCUT2D eigenvalue weighted by Crippen LogP contribution is 2.28. The monoisotopic (exact) mass is 248 g/mol. The molecule has 4 heteroatoms. The maximum atomic E-state index is 8.44. The first-order valence-corrected chi connectivity index (χ1v) is 6.08. The van der Waals surface area contributed by atoms with Crippen LogP contribution in [-0.4, -0.2) is 19.8 Å². The predicted octanol–water partition coefficient (Wildman–Crippen LogP) is 2.49. The third-order valence-corrected chi connectivity index (χ3v) is 2.33. The van der Waals surface area contributed by atoms with Gasteiger partial charge in [-0.1, -0.05) is 6.07 Å². The third-order valence-electron chi connectivity index (χ3n) is 2.33. The van der Waals surface area contributed by atoms with Crippen LogP contribution in [0.2, 0.25) is 0 Å². The number of nitrogens with zero attached hydrogens (tertiary/aromatic N) is 1. The second-order valence-electron chi connectivity index (χ2n) is 4.24. The van der Waals surface area contributed by atoms with Crippen molar-refractivity contribution in [3.63, 3.8) is 0 Å². The Bertz CT molecular complexity index is 411. The Morgan fingerprint density at radius 3 is 2.72 bits per heavy atom. The minimum Gasteiger partial charge on any atom is -0.493 e. The standard InChI is InChI=1S/C14H20N2O2/c1-11(2)18-13-6-5-12(9-14(13)17-3)10-16-8-4-7-15/h5-6,9,11,16H,4,8,10H2,1-3H3. The summed E-state index contributed by atoms with van der Waals surface area (Å²) in [7, 11) is 1.63. The third kappa shape index (κ3) is 4.64. The van der Waals surface area contributed by atoms with Crippen molar-refractivity contribution in [3.05, 3.63) is 23.8 Å². The summed E-state index contributed by atoms with van der Waals surface area (Å²) < 4.78 is 11.0. The zero-order chi connectivity index (χ0) is 13.4. The van der Waals surface area contributed by atoms with Gasteiger partial charge in [0.15, 0.2) is 11.5 Å². The molecule has 0 aliphatic rings. The Morgan fingerprint density at radius 2 is 2.11 bits per heavy atom. The van der Waals surface area contributed by atoms with Crippen LogP contribution < -0.4 is 14.8 Å². The van der Waals surface area contributed by atoms with Crippen LogP contribution in [0.25, 0.3) is 0 Å². The maximum Gasteiger partial charge on any atom is 0.161 e. The molecular formula is C14H20N2O2. The zero-order valence-electron chi connectivity index (χ0n) is 11.2. The van der Waals surface area contributed by atoms with Crippen LogP contribution in [-0.2, 0) is 6.54 Å². The second-order valence-corrected chi connectivity index (χ2v) is 4.24. The van der Waals surface area contributed by atoms with Crippen molar-refractivity contribution in [1.29, 1.82) is 5.26 Å². The molecule has 1 rings (SSSR count). The number of hydrogen-bond donors (Lipinski definition) is 1. The number of ether oxygens (including phenoxy) is 2. The van der Waals surface area contributed by atoms with Gasteiger partial charge in [-0.25, -0.2) is 0 Å². The summed E-state index contributed by atoms with van der Waals surface area (Å²) in [6.45, 7) is 5.39. The van der Waals surface area contributed by atoms with E-state index >= 15 is 0 Å². The molecule has 0 saturated heterocycles. The number of nitrogens with one attached hydrogen (secondary N) is 1. The second kappa shape index (κ2) is 7.57. The van der Waals surface area contributed by atoms with Crippen LogP contribution in [0.1, 0.15) is 25.8 Å². The lowest BCUT2D eigenvalue weighted by atomic mass is 10.2. The van der Waals surface area contributed by atoms with Crippen molar-refractivity contribution >= 4 is 0 Å². The molecule has 0 amide bonds. The van der Waals surface area contributed by atoms with Crippen LogP contribution >= 0.6 is 0 Å². The topological polar surface area (TPSA) is 54.3 Å². The molecule has 18 heavy (non-hydrogen) atoms. The average Bonchev–Trinajstić information content (AvgIpc) is 2.35. The van der Waals surface area contributed by atoms with Gasteiger partial charge in [-0.05, 0) is 31.5 Å². The maximum absolute atomic E-state index is 8.44. The quantitative estimate of drug-likeness (QED) is 0.753. The van der Waals surface area contributed by atoms with Crippen LogP contribution in [0, 0.1) is 11.3 Å². The van der Waals surface area contributed by atoms with Gasteiger partial charge < -0.3 is 14.8 Å². The Balaban J connectivity index is 2.64. The van der Waals surface area contributed by atoms with Crippen LogP contribution in [0.4, 0.5) is 0 Å². The van der Waals surface area contributed by atoms with Crippen molar-refractivity contribution in [3.8, 4) is 17.6 Å². The summed E-state index contributed by atoms with van der Waals surface area (Å²) in [6.07, 6.45) is 0.643. The molecular weight excluding hydrogens is 228 g/mol. The molecule has 0 saturated carbocycles. The number of methoxy groups -OCH3 is 1. The summed E-state index contributed by atoms with van der Waals surface area (Å²) in [5.41, 5.74) is 1.11. The molecule has 0 heterocycles. The van der Waals surface area contributed by atoms with Crippen LogP contribution in [0.5, 0.6) is 11.5 Å². The molecule has 0 atom stereocenters. The van der Waals surface area contributed by atoms with Gasteiger partial charge in [-0.3, -0.25) is 0 Å². The molecule has 4 nitrogen and oxygen atoms in total. The van der Waals surface area contributed by atoms with Crippen LogP contribution in [0.3, 0.4) is 0 Å². The molecule has 0 unspecified atom stereocenters. The summed E-state index contributed by atoms with van der Waals surface area (Å²) in [6, 6.07) is 7.97. The molecule has 98 valence electrons. The van der Waals surface area contributed by atoms with Gasteiger partial charge in [0.1, 0.15) is 0 Å². The molecule has 1 aromatic rings. The molecule has 0 aliphatic carbocycles. The van der Waals surface area contributed by atoms with E-state index in [1.807, 2.05) is 32.0 Å². The minimum absolute atomic E-state index is 0.124. The Kier molecular flexibility index (Phi) is 6.03. The number of hydrogen-bond acceptors (Lipinski definition) is 4. The fraction of sp³-hybridized carbons (Fsp3) is 0.500. The highest BCUT2D eigenvalue weighted by atomic mass is 16.5. The van der Waals surface area contributed by atoms with Crippen molar-refractivity contribution in [2.24, 2.45) is 0 Å². The lowest BCUT2D eigenvalue weighted by molar-refractivity contribution is 0.230. The van der Waals surface area contributed by atoms with Crippen molar-refractivity contribution in [1.82, 2.24) is 5.32 Å². The SMILES string of the molecule is COc1cc(CNCCC#N)ccc1OC(C)C. The fourth-order valence-corrected chi connectivity index (χ4v) is 1.55. The smallest absolute Gasteiger partial charge is 0.161 e. The van der Waals surface area contributed by atoms with Crippen molar-refractivity contribution in [2.45, 2.75) is 32.9 Å². The summed E-state index contributed by atoms with van der Waals surface area (Å²) in [5, 5.41) is 11.6. The van der Waals surface area contributed by atoms with E-state index in [0.717, 1.165) is 23.6 Å². The summed E-state index contributed by atoms with van der Waals surface area (Å²) >= 11 is 0. The van der Waals surface area contributed by atoms with Gasteiger partial charge in [-0.2, -0.15) is 5.26 Å². The molecule has 0 aliphatic heterocycles. The van der Waals surface area contributed by atoms with E-state index in [4.69, 9.17) is 14.7 Å². The van der Waals surface area contributed by atoms with Crippen LogP contribution in [0.15, 0.2) is 18.2 Å². The first kappa shape index (κ1) is 14.3. The number of rotatable bonds is 7. The van der Waals surface area contributed by atoms with E-state index in [1.165, 1.54) is 0 Å². The number of benzene rings is 1. The number of nitriles is 1. The summed E-state index contributed by atoms with van der Waals surface area (Å²) in [4.78, 5) is 0. The highest BCUT2D eigenvalue weighted by Gasteiger charge is 2.07. The predicted molar refractivity (Wildman–Crippen MR) is 70.7 cm³/mol. The first-order chi connectivity index (χ1) is 8.67. The van der Waals surface area contributed by atoms with E-state index in [2.05, 4.69) is 11.4 Å². The fourth-order valence-electron chi connectivity index (χ4n) is 1.55. The molecule has 0 bridgehead atoms. The molecule has 1 N–H and O–H groups in total. The molecule has 0 aromatic heterocycles. The van der Waals surface area contributed by atoms with Gasteiger partial charge in [0.2, 0.25) is 0 Å². The van der Waals surface area contributed by atoms with Gasteiger partial charge in [0, 0.05) is 19.5 Å². The largest absolute Gasteiger partial charge is 0.493 e. The van der Waals surface area contributed by atoms with Gasteiger partial charge in [-0.15, -0.1) is 0 Å². The Labute approximate surface area is 109 Å². The normalized spacial score (nSPS) is 10.2. The Hall–Kier alpha value is -1.73. The first-order valence-electron chi connectivity index (χ1n) is 6.08. The molecule has 0 radical (unpaired) electrons. The highest BCUT2D eigenvalue weighted by molar-refractivity contribution is 5.43. The molecule has 1 aromatic carbocycles.